The zero-order valence-electron chi connectivity index (χ0n) is 10.1. The summed E-state index contributed by atoms with van der Waals surface area (Å²) in [6.07, 6.45) is 1.94. The number of aryl methyl sites for hydroxylation is 1. The van der Waals surface area contributed by atoms with Crippen LogP contribution >= 0.6 is 15.9 Å². The van der Waals surface area contributed by atoms with Crippen molar-refractivity contribution in [3.8, 4) is 0 Å². The largest absolute Gasteiger partial charge is 0.502 e. The lowest BCUT2D eigenvalue weighted by Gasteiger charge is -2.09. The van der Waals surface area contributed by atoms with Gasteiger partial charge >= 0.3 is 0 Å². The van der Waals surface area contributed by atoms with Crippen molar-refractivity contribution in [2.24, 2.45) is 0 Å². The zero-order valence-corrected chi connectivity index (χ0v) is 12.6. The van der Waals surface area contributed by atoms with E-state index in [1.807, 2.05) is 6.07 Å². The molecule has 0 aromatic heterocycles. The van der Waals surface area contributed by atoms with Gasteiger partial charge in [0.25, 0.3) is 0 Å². The fourth-order valence-corrected chi connectivity index (χ4v) is 3.24. The highest BCUT2D eigenvalue weighted by Crippen LogP contribution is 2.20. The van der Waals surface area contributed by atoms with Crippen molar-refractivity contribution in [2.75, 3.05) is 13.2 Å². The molecular weight excluding hydrogens is 318 g/mol. The van der Waals surface area contributed by atoms with Crippen LogP contribution < -0.4 is 4.72 Å². The Labute approximate surface area is 116 Å². The van der Waals surface area contributed by atoms with Gasteiger partial charge in [-0.1, -0.05) is 28.6 Å². The fraction of sp³-hybridized carbons (Fsp3) is 0.333. The van der Waals surface area contributed by atoms with Gasteiger partial charge in [-0.05, 0) is 31.0 Å². The van der Waals surface area contributed by atoms with E-state index in [-0.39, 0.29) is 0 Å². The quantitative estimate of drug-likeness (QED) is 0.616. The van der Waals surface area contributed by atoms with Gasteiger partial charge in [0.1, 0.15) is 0 Å². The highest BCUT2D eigenvalue weighted by atomic mass is 79.9. The van der Waals surface area contributed by atoms with Crippen LogP contribution in [0.5, 0.6) is 0 Å². The molecule has 6 heteroatoms. The summed E-state index contributed by atoms with van der Waals surface area (Å²) in [5, 5.41) is 0. The van der Waals surface area contributed by atoms with E-state index in [0.717, 1.165) is 4.47 Å². The van der Waals surface area contributed by atoms with Crippen molar-refractivity contribution in [3.63, 3.8) is 0 Å². The first-order valence-corrected chi connectivity index (χ1v) is 7.73. The molecule has 18 heavy (non-hydrogen) atoms. The molecule has 0 aliphatic rings. The minimum Gasteiger partial charge on any atom is -0.502 e. The second kappa shape index (κ2) is 6.92. The number of nitrogens with one attached hydrogen (secondary N) is 1. The van der Waals surface area contributed by atoms with Crippen LogP contribution in [-0.2, 0) is 14.8 Å². The molecule has 0 aliphatic carbocycles. The van der Waals surface area contributed by atoms with Crippen molar-refractivity contribution >= 4 is 26.0 Å². The molecule has 0 unspecified atom stereocenters. The van der Waals surface area contributed by atoms with Crippen molar-refractivity contribution in [3.05, 3.63) is 41.1 Å². The molecule has 0 saturated carbocycles. The number of rotatable bonds is 7. The van der Waals surface area contributed by atoms with Gasteiger partial charge in [0.15, 0.2) is 0 Å². The number of ether oxygens (including phenoxy) is 1. The molecule has 0 atom stereocenters. The Kier molecular flexibility index (Phi) is 5.84. The fourth-order valence-electron chi connectivity index (χ4n) is 1.39. The molecule has 0 spiro atoms. The summed E-state index contributed by atoms with van der Waals surface area (Å²) in [6, 6.07) is 5.17. The van der Waals surface area contributed by atoms with Gasteiger partial charge in [-0.2, -0.15) is 0 Å². The summed E-state index contributed by atoms with van der Waals surface area (Å²) < 4.78 is 32.3. The average Bonchev–Trinajstić information content (AvgIpc) is 2.32. The lowest BCUT2D eigenvalue weighted by atomic mass is 10.2. The van der Waals surface area contributed by atoms with Gasteiger partial charge in [-0.15, -0.1) is 0 Å². The van der Waals surface area contributed by atoms with Gasteiger partial charge in [0.2, 0.25) is 10.0 Å². The molecule has 1 rings (SSSR count). The monoisotopic (exact) mass is 333 g/mol. The normalized spacial score (nSPS) is 11.2. The number of benzene rings is 1. The highest BCUT2D eigenvalue weighted by molar-refractivity contribution is 9.10. The Bertz CT molecular complexity index is 514. The summed E-state index contributed by atoms with van der Waals surface area (Å²) in [6.45, 7) is 5.96. The van der Waals surface area contributed by atoms with Crippen LogP contribution in [0.1, 0.15) is 12.0 Å². The van der Waals surface area contributed by atoms with E-state index < -0.39 is 10.0 Å². The molecule has 0 bridgehead atoms. The van der Waals surface area contributed by atoms with Crippen LogP contribution in [0.3, 0.4) is 0 Å². The van der Waals surface area contributed by atoms with Gasteiger partial charge < -0.3 is 4.74 Å². The van der Waals surface area contributed by atoms with E-state index in [1.165, 1.54) is 6.26 Å². The van der Waals surface area contributed by atoms with Crippen molar-refractivity contribution < 1.29 is 13.2 Å². The molecule has 0 saturated heterocycles. The SMILES string of the molecule is C=COCCCNS(=O)(=O)c1cc(Br)ccc1C. The molecule has 4 nitrogen and oxygen atoms in total. The third kappa shape index (κ3) is 4.44. The predicted molar refractivity (Wildman–Crippen MR) is 74.8 cm³/mol. The smallest absolute Gasteiger partial charge is 0.240 e. The molecule has 0 amide bonds. The maximum atomic E-state index is 12.0. The number of hydrogen-bond acceptors (Lipinski definition) is 3. The molecule has 1 aromatic rings. The topological polar surface area (TPSA) is 55.4 Å². The lowest BCUT2D eigenvalue weighted by molar-refractivity contribution is 0.247. The molecule has 100 valence electrons. The van der Waals surface area contributed by atoms with E-state index in [1.54, 1.807) is 19.1 Å². The van der Waals surface area contributed by atoms with E-state index >= 15 is 0 Å². The maximum absolute atomic E-state index is 12.0. The third-order valence-electron chi connectivity index (χ3n) is 2.29. The van der Waals surface area contributed by atoms with Crippen LogP contribution in [0.15, 0.2) is 40.4 Å². The maximum Gasteiger partial charge on any atom is 0.240 e. The summed E-state index contributed by atoms with van der Waals surface area (Å²) >= 11 is 3.27. The lowest BCUT2D eigenvalue weighted by Crippen LogP contribution is -2.26. The molecule has 1 N–H and O–H groups in total. The van der Waals surface area contributed by atoms with E-state index in [0.29, 0.717) is 30.0 Å². The highest BCUT2D eigenvalue weighted by Gasteiger charge is 2.16. The summed E-state index contributed by atoms with van der Waals surface area (Å²) in [5.41, 5.74) is 0.716. The van der Waals surface area contributed by atoms with Crippen molar-refractivity contribution in [2.45, 2.75) is 18.2 Å². The minimum atomic E-state index is -3.46. The van der Waals surface area contributed by atoms with Gasteiger partial charge in [-0.25, -0.2) is 13.1 Å². The molecule has 0 fully saturated rings. The first-order valence-electron chi connectivity index (χ1n) is 5.45. The first kappa shape index (κ1) is 15.2. The Hall–Kier alpha value is -0.850. The van der Waals surface area contributed by atoms with Crippen LogP contribution in [0.2, 0.25) is 0 Å². The van der Waals surface area contributed by atoms with Crippen LogP contribution in [-0.4, -0.2) is 21.6 Å². The van der Waals surface area contributed by atoms with Crippen molar-refractivity contribution in [1.29, 1.82) is 0 Å². The average molecular weight is 334 g/mol. The first-order chi connectivity index (χ1) is 8.47. The molecule has 0 heterocycles. The van der Waals surface area contributed by atoms with Gasteiger partial charge in [0, 0.05) is 11.0 Å². The van der Waals surface area contributed by atoms with Crippen molar-refractivity contribution in [1.82, 2.24) is 4.72 Å². The summed E-state index contributed by atoms with van der Waals surface area (Å²) in [4.78, 5) is 0.293. The molecule has 0 radical (unpaired) electrons. The predicted octanol–water partition coefficient (Wildman–Crippen LogP) is 2.59. The van der Waals surface area contributed by atoms with Gasteiger partial charge in [-0.3, -0.25) is 0 Å². The number of hydrogen-bond donors (Lipinski definition) is 1. The Morgan fingerprint density at radius 1 is 1.50 bits per heavy atom. The summed E-state index contributed by atoms with van der Waals surface area (Å²) in [5.74, 6) is 0. The molecular formula is C12H16BrNO3S. The van der Waals surface area contributed by atoms with Crippen LogP contribution in [0.25, 0.3) is 0 Å². The Morgan fingerprint density at radius 2 is 2.22 bits per heavy atom. The third-order valence-corrected chi connectivity index (χ3v) is 4.38. The molecule has 1 aromatic carbocycles. The van der Waals surface area contributed by atoms with Crippen LogP contribution in [0.4, 0.5) is 0 Å². The summed E-state index contributed by atoms with van der Waals surface area (Å²) in [7, 11) is -3.46. The molecule has 0 aliphatic heterocycles. The number of sulfonamides is 1. The minimum absolute atomic E-state index is 0.293. The van der Waals surface area contributed by atoms with E-state index in [4.69, 9.17) is 4.74 Å². The zero-order chi connectivity index (χ0) is 13.6. The Balaban J connectivity index is 2.68. The second-order valence-electron chi connectivity index (χ2n) is 3.70. The van der Waals surface area contributed by atoms with E-state index in [9.17, 15) is 8.42 Å². The number of halogens is 1. The second-order valence-corrected chi connectivity index (χ2v) is 6.35. The Morgan fingerprint density at radius 3 is 2.89 bits per heavy atom. The van der Waals surface area contributed by atoms with Crippen LogP contribution in [0, 0.1) is 6.92 Å². The standard InChI is InChI=1S/C12H16BrNO3S/c1-3-17-8-4-7-14-18(15,16)12-9-11(13)6-5-10(12)2/h3,5-6,9,14H,1,4,7-8H2,2H3. The van der Waals surface area contributed by atoms with Gasteiger partial charge in [0.05, 0.1) is 17.8 Å². The van der Waals surface area contributed by atoms with E-state index in [2.05, 4.69) is 27.2 Å².